The first-order chi connectivity index (χ1) is 6.38. The Balaban J connectivity index is 3.41. The van der Waals surface area contributed by atoms with Crippen molar-refractivity contribution in [3.05, 3.63) is 27.2 Å². The SMILES string of the molecule is CNS(=O)(=O)c1cc(Cl)c(Cl)c(Cl)c1. The van der Waals surface area contributed by atoms with E-state index in [9.17, 15) is 8.42 Å². The van der Waals surface area contributed by atoms with Crippen molar-refractivity contribution in [2.75, 3.05) is 7.05 Å². The average molecular weight is 275 g/mol. The standard InChI is InChI=1S/C7H6Cl3NO2S/c1-11-14(12,13)4-2-5(8)7(10)6(9)3-4/h2-3,11H,1H3. The molecule has 0 saturated carbocycles. The highest BCUT2D eigenvalue weighted by Crippen LogP contribution is 2.32. The zero-order valence-corrected chi connectivity index (χ0v) is 10.1. The Hall–Kier alpha value is -0.000000000000000111. The van der Waals surface area contributed by atoms with Crippen LogP contribution in [-0.4, -0.2) is 15.5 Å². The van der Waals surface area contributed by atoms with Gasteiger partial charge in [-0.25, -0.2) is 13.1 Å². The number of hydrogen-bond acceptors (Lipinski definition) is 2. The normalized spacial score (nSPS) is 11.7. The molecule has 0 aliphatic carbocycles. The molecule has 0 saturated heterocycles. The van der Waals surface area contributed by atoms with Gasteiger partial charge in [-0.1, -0.05) is 34.8 Å². The van der Waals surface area contributed by atoms with E-state index in [0.717, 1.165) is 0 Å². The van der Waals surface area contributed by atoms with Gasteiger partial charge >= 0.3 is 0 Å². The van der Waals surface area contributed by atoms with E-state index >= 15 is 0 Å². The molecular formula is C7H6Cl3NO2S. The molecule has 78 valence electrons. The van der Waals surface area contributed by atoms with Crippen LogP contribution in [0.15, 0.2) is 17.0 Å². The van der Waals surface area contributed by atoms with E-state index < -0.39 is 10.0 Å². The molecule has 0 fully saturated rings. The van der Waals surface area contributed by atoms with Crippen LogP contribution in [0.1, 0.15) is 0 Å². The second-order valence-corrected chi connectivity index (χ2v) is 5.49. The third-order valence-electron chi connectivity index (χ3n) is 1.54. The van der Waals surface area contributed by atoms with Crippen LogP contribution in [0.5, 0.6) is 0 Å². The van der Waals surface area contributed by atoms with Crippen molar-refractivity contribution in [3.8, 4) is 0 Å². The highest BCUT2D eigenvalue weighted by molar-refractivity contribution is 7.89. The average Bonchev–Trinajstić information content (AvgIpc) is 2.13. The van der Waals surface area contributed by atoms with Gasteiger partial charge in [-0.05, 0) is 19.2 Å². The van der Waals surface area contributed by atoms with Gasteiger partial charge in [0.1, 0.15) is 0 Å². The topological polar surface area (TPSA) is 46.2 Å². The summed E-state index contributed by atoms with van der Waals surface area (Å²) in [6.45, 7) is 0. The van der Waals surface area contributed by atoms with Crippen LogP contribution in [0.3, 0.4) is 0 Å². The quantitative estimate of drug-likeness (QED) is 0.843. The van der Waals surface area contributed by atoms with E-state index in [1.165, 1.54) is 19.2 Å². The van der Waals surface area contributed by atoms with E-state index in [1.54, 1.807) is 0 Å². The highest BCUT2D eigenvalue weighted by Gasteiger charge is 2.15. The minimum absolute atomic E-state index is 0.0144. The summed E-state index contributed by atoms with van der Waals surface area (Å²) in [5, 5.41) is 0.351. The number of benzene rings is 1. The van der Waals surface area contributed by atoms with Crippen molar-refractivity contribution in [1.29, 1.82) is 0 Å². The molecule has 0 bridgehead atoms. The molecule has 1 aromatic rings. The molecule has 0 heterocycles. The zero-order chi connectivity index (χ0) is 10.9. The maximum Gasteiger partial charge on any atom is 0.240 e. The molecule has 0 aromatic heterocycles. The Morgan fingerprint density at radius 2 is 1.57 bits per heavy atom. The Kier molecular flexibility index (Phi) is 3.66. The fourth-order valence-corrected chi connectivity index (χ4v) is 2.31. The summed E-state index contributed by atoms with van der Waals surface area (Å²) < 4.78 is 24.8. The smallest absolute Gasteiger partial charge is 0.214 e. The fourth-order valence-electron chi connectivity index (χ4n) is 0.805. The molecular weight excluding hydrogens is 269 g/mol. The van der Waals surface area contributed by atoms with Gasteiger partial charge in [0, 0.05) is 0 Å². The van der Waals surface area contributed by atoms with Crippen molar-refractivity contribution in [2.24, 2.45) is 0 Å². The van der Waals surface area contributed by atoms with Crippen molar-refractivity contribution in [2.45, 2.75) is 4.90 Å². The van der Waals surface area contributed by atoms with Crippen LogP contribution >= 0.6 is 34.8 Å². The van der Waals surface area contributed by atoms with Crippen LogP contribution in [0.2, 0.25) is 15.1 Å². The molecule has 7 heteroatoms. The molecule has 1 aromatic carbocycles. The van der Waals surface area contributed by atoms with Crippen LogP contribution in [-0.2, 0) is 10.0 Å². The van der Waals surface area contributed by atoms with Crippen LogP contribution in [0.4, 0.5) is 0 Å². The summed E-state index contributed by atoms with van der Waals surface area (Å²) in [5.74, 6) is 0. The van der Waals surface area contributed by atoms with Gasteiger partial charge in [-0.15, -0.1) is 0 Å². The molecule has 1 rings (SSSR count). The Bertz CT molecular complexity index is 435. The molecule has 0 aliphatic rings. The van der Waals surface area contributed by atoms with E-state index in [2.05, 4.69) is 4.72 Å². The molecule has 0 spiro atoms. The van der Waals surface area contributed by atoms with Crippen LogP contribution in [0, 0.1) is 0 Å². The molecule has 3 nitrogen and oxygen atoms in total. The maximum atomic E-state index is 11.3. The third kappa shape index (κ3) is 2.32. The maximum absolute atomic E-state index is 11.3. The number of nitrogens with one attached hydrogen (secondary N) is 1. The first-order valence-corrected chi connectivity index (χ1v) is 6.08. The van der Waals surface area contributed by atoms with Crippen LogP contribution < -0.4 is 4.72 Å². The molecule has 0 radical (unpaired) electrons. The molecule has 0 amide bonds. The van der Waals surface area contributed by atoms with Crippen molar-refractivity contribution in [3.63, 3.8) is 0 Å². The minimum Gasteiger partial charge on any atom is -0.214 e. The van der Waals surface area contributed by atoms with Gasteiger partial charge < -0.3 is 0 Å². The lowest BCUT2D eigenvalue weighted by Crippen LogP contribution is -2.18. The lowest BCUT2D eigenvalue weighted by atomic mass is 10.4. The van der Waals surface area contributed by atoms with Gasteiger partial charge in [0.15, 0.2) is 0 Å². The number of hydrogen-bond donors (Lipinski definition) is 1. The monoisotopic (exact) mass is 273 g/mol. The highest BCUT2D eigenvalue weighted by atomic mass is 35.5. The second-order valence-electron chi connectivity index (χ2n) is 2.41. The van der Waals surface area contributed by atoms with Crippen LogP contribution in [0.25, 0.3) is 0 Å². The van der Waals surface area contributed by atoms with E-state index in [1.807, 2.05) is 0 Å². The van der Waals surface area contributed by atoms with Gasteiger partial charge in [-0.2, -0.15) is 0 Å². The van der Waals surface area contributed by atoms with Crippen molar-refractivity contribution >= 4 is 44.8 Å². The summed E-state index contributed by atoms with van der Waals surface area (Å²) in [4.78, 5) is -0.0144. The largest absolute Gasteiger partial charge is 0.240 e. The number of halogens is 3. The molecule has 1 N–H and O–H groups in total. The molecule has 14 heavy (non-hydrogen) atoms. The van der Waals surface area contributed by atoms with Gasteiger partial charge in [0.2, 0.25) is 10.0 Å². The van der Waals surface area contributed by atoms with E-state index in [-0.39, 0.29) is 20.0 Å². The lowest BCUT2D eigenvalue weighted by Gasteiger charge is -2.05. The first-order valence-electron chi connectivity index (χ1n) is 3.46. The number of rotatable bonds is 2. The molecule has 0 atom stereocenters. The van der Waals surface area contributed by atoms with E-state index in [4.69, 9.17) is 34.8 Å². The van der Waals surface area contributed by atoms with Gasteiger partial charge in [0.25, 0.3) is 0 Å². The Labute approximate surface area is 97.0 Å². The predicted molar refractivity (Wildman–Crippen MR) is 57.7 cm³/mol. The Morgan fingerprint density at radius 3 is 1.93 bits per heavy atom. The lowest BCUT2D eigenvalue weighted by molar-refractivity contribution is 0.588. The number of sulfonamides is 1. The first kappa shape index (κ1) is 12.1. The summed E-state index contributed by atoms with van der Waals surface area (Å²) >= 11 is 17.0. The summed E-state index contributed by atoms with van der Waals surface area (Å²) in [6.07, 6.45) is 0. The second kappa shape index (κ2) is 4.24. The fraction of sp³-hybridized carbons (Fsp3) is 0.143. The van der Waals surface area contributed by atoms with Crippen molar-refractivity contribution < 1.29 is 8.42 Å². The minimum atomic E-state index is -3.54. The van der Waals surface area contributed by atoms with Crippen molar-refractivity contribution in [1.82, 2.24) is 4.72 Å². The zero-order valence-electron chi connectivity index (χ0n) is 7.01. The molecule has 0 aliphatic heterocycles. The Morgan fingerprint density at radius 1 is 1.14 bits per heavy atom. The summed E-state index contributed by atoms with van der Waals surface area (Å²) in [5.41, 5.74) is 0. The summed E-state index contributed by atoms with van der Waals surface area (Å²) in [6, 6.07) is 2.48. The van der Waals surface area contributed by atoms with Gasteiger partial charge in [-0.3, -0.25) is 0 Å². The summed E-state index contributed by atoms with van der Waals surface area (Å²) in [7, 11) is -2.24. The third-order valence-corrected chi connectivity index (χ3v) is 4.13. The van der Waals surface area contributed by atoms with E-state index in [0.29, 0.717) is 0 Å². The predicted octanol–water partition coefficient (Wildman–Crippen LogP) is 2.55. The van der Waals surface area contributed by atoms with Gasteiger partial charge in [0.05, 0.1) is 20.0 Å². The molecule has 0 unspecified atom stereocenters.